The quantitative estimate of drug-likeness (QED) is 0.524. The summed E-state index contributed by atoms with van der Waals surface area (Å²) >= 11 is 0. The van der Waals surface area contributed by atoms with Crippen molar-refractivity contribution in [1.29, 1.82) is 0 Å². The molecule has 0 saturated heterocycles. The lowest BCUT2D eigenvalue weighted by atomic mass is 10.2. The standard InChI is InChI=1S/C9H7N5/c1-6-10-8-5-3-2-4-7(8)9-11-12-13-14(6)9/h2-5H,1H3. The first-order valence-corrected chi connectivity index (χ1v) is 4.30. The van der Waals surface area contributed by atoms with E-state index in [1.807, 2.05) is 31.2 Å². The number of fused-ring (bicyclic) bond motifs is 3. The molecule has 3 rings (SSSR count). The van der Waals surface area contributed by atoms with Crippen molar-refractivity contribution in [2.24, 2.45) is 0 Å². The highest BCUT2D eigenvalue weighted by atomic mass is 15.5. The fourth-order valence-corrected chi connectivity index (χ4v) is 1.55. The van der Waals surface area contributed by atoms with Crippen LogP contribution >= 0.6 is 0 Å². The zero-order valence-electron chi connectivity index (χ0n) is 7.55. The molecule has 0 unspecified atom stereocenters. The van der Waals surface area contributed by atoms with E-state index in [4.69, 9.17) is 0 Å². The SMILES string of the molecule is Cc1nc2ccccc2c2nnnn12. The summed E-state index contributed by atoms with van der Waals surface area (Å²) in [5.74, 6) is 0.795. The van der Waals surface area contributed by atoms with Crippen LogP contribution in [-0.2, 0) is 0 Å². The first kappa shape index (κ1) is 7.37. The van der Waals surface area contributed by atoms with Crippen LogP contribution in [0.15, 0.2) is 24.3 Å². The average Bonchev–Trinajstić information content (AvgIpc) is 2.67. The molecule has 0 bridgehead atoms. The van der Waals surface area contributed by atoms with Crippen molar-refractivity contribution < 1.29 is 0 Å². The van der Waals surface area contributed by atoms with Gasteiger partial charge >= 0.3 is 0 Å². The van der Waals surface area contributed by atoms with Gasteiger partial charge in [-0.15, -0.1) is 5.10 Å². The second-order valence-electron chi connectivity index (χ2n) is 3.09. The average molecular weight is 185 g/mol. The van der Waals surface area contributed by atoms with Gasteiger partial charge in [-0.2, -0.15) is 4.52 Å². The molecule has 0 amide bonds. The molecule has 0 fully saturated rings. The zero-order chi connectivity index (χ0) is 9.54. The van der Waals surface area contributed by atoms with Gasteiger partial charge in [0.05, 0.1) is 5.52 Å². The van der Waals surface area contributed by atoms with Crippen LogP contribution in [0.5, 0.6) is 0 Å². The molecule has 14 heavy (non-hydrogen) atoms. The van der Waals surface area contributed by atoms with Gasteiger partial charge in [0.1, 0.15) is 5.82 Å². The fourth-order valence-electron chi connectivity index (χ4n) is 1.55. The van der Waals surface area contributed by atoms with Gasteiger partial charge in [0.2, 0.25) is 0 Å². The molecule has 1 aromatic carbocycles. The highest BCUT2D eigenvalue weighted by molar-refractivity contribution is 5.90. The van der Waals surface area contributed by atoms with Crippen molar-refractivity contribution in [3.63, 3.8) is 0 Å². The highest BCUT2D eigenvalue weighted by Crippen LogP contribution is 2.15. The number of aromatic nitrogens is 5. The van der Waals surface area contributed by atoms with E-state index >= 15 is 0 Å². The normalized spacial score (nSPS) is 11.2. The molecular formula is C9H7N5. The van der Waals surface area contributed by atoms with E-state index in [2.05, 4.69) is 20.5 Å². The van der Waals surface area contributed by atoms with Crippen molar-refractivity contribution in [3.05, 3.63) is 30.1 Å². The molecule has 0 spiro atoms. The molecular weight excluding hydrogens is 178 g/mol. The predicted molar refractivity (Wildman–Crippen MR) is 50.8 cm³/mol. The molecule has 0 radical (unpaired) electrons. The third-order valence-electron chi connectivity index (χ3n) is 2.20. The lowest BCUT2D eigenvalue weighted by Gasteiger charge is -1.99. The smallest absolute Gasteiger partial charge is 0.190 e. The molecule has 5 nitrogen and oxygen atoms in total. The summed E-state index contributed by atoms with van der Waals surface area (Å²) < 4.78 is 1.64. The lowest BCUT2D eigenvalue weighted by molar-refractivity contribution is 0.786. The third-order valence-corrected chi connectivity index (χ3v) is 2.20. The molecule has 5 heteroatoms. The van der Waals surface area contributed by atoms with Crippen molar-refractivity contribution in [1.82, 2.24) is 25.0 Å². The third kappa shape index (κ3) is 0.834. The number of benzene rings is 1. The lowest BCUT2D eigenvalue weighted by Crippen LogP contribution is -1.98. The van der Waals surface area contributed by atoms with Gasteiger partial charge in [-0.3, -0.25) is 0 Å². The number of nitrogens with zero attached hydrogens (tertiary/aromatic N) is 5. The van der Waals surface area contributed by atoms with Crippen LogP contribution in [0.4, 0.5) is 0 Å². The molecule has 0 aliphatic heterocycles. The van der Waals surface area contributed by atoms with Crippen molar-refractivity contribution in [2.75, 3.05) is 0 Å². The molecule has 0 saturated carbocycles. The number of hydrogen-bond donors (Lipinski definition) is 0. The Bertz CT molecular complexity index is 613. The van der Waals surface area contributed by atoms with E-state index < -0.39 is 0 Å². The number of para-hydroxylation sites is 1. The summed E-state index contributed by atoms with van der Waals surface area (Å²) in [5.41, 5.74) is 1.68. The Hall–Kier alpha value is -2.04. The minimum Gasteiger partial charge on any atom is -0.233 e. The van der Waals surface area contributed by atoms with E-state index in [0.29, 0.717) is 0 Å². The van der Waals surface area contributed by atoms with Crippen LogP contribution in [0.2, 0.25) is 0 Å². The maximum atomic E-state index is 4.40. The molecule has 0 atom stereocenters. The molecule has 0 N–H and O–H groups in total. The minimum atomic E-state index is 0.758. The maximum Gasteiger partial charge on any atom is 0.190 e. The summed E-state index contributed by atoms with van der Waals surface area (Å²) in [5, 5.41) is 12.4. The Kier molecular flexibility index (Phi) is 1.30. The number of rotatable bonds is 0. The van der Waals surface area contributed by atoms with Crippen molar-refractivity contribution in [3.8, 4) is 0 Å². The van der Waals surface area contributed by atoms with Gasteiger partial charge in [-0.25, -0.2) is 4.98 Å². The Balaban J connectivity index is 2.66. The fraction of sp³-hybridized carbons (Fsp3) is 0.111. The van der Waals surface area contributed by atoms with E-state index in [1.165, 1.54) is 0 Å². The summed E-state index contributed by atoms with van der Waals surface area (Å²) in [6, 6.07) is 7.83. The largest absolute Gasteiger partial charge is 0.233 e. The number of aryl methyl sites for hydroxylation is 1. The Labute approximate surface area is 79.4 Å². The van der Waals surface area contributed by atoms with Crippen LogP contribution in [0, 0.1) is 6.92 Å². The summed E-state index contributed by atoms with van der Waals surface area (Å²) in [6.45, 7) is 1.88. The van der Waals surface area contributed by atoms with Gasteiger partial charge in [-0.05, 0) is 29.5 Å². The molecule has 68 valence electrons. The monoisotopic (exact) mass is 185 g/mol. The molecule has 2 aromatic heterocycles. The maximum absolute atomic E-state index is 4.40. The summed E-state index contributed by atoms with van der Waals surface area (Å²) in [7, 11) is 0. The Morgan fingerprint density at radius 3 is 3.00 bits per heavy atom. The Morgan fingerprint density at radius 1 is 1.21 bits per heavy atom. The summed E-state index contributed by atoms with van der Waals surface area (Å²) in [4.78, 5) is 4.40. The van der Waals surface area contributed by atoms with Gasteiger partial charge in [0, 0.05) is 5.39 Å². The van der Waals surface area contributed by atoms with Crippen LogP contribution in [-0.4, -0.2) is 25.0 Å². The first-order chi connectivity index (χ1) is 6.86. The van der Waals surface area contributed by atoms with Gasteiger partial charge in [-0.1, -0.05) is 12.1 Å². The van der Waals surface area contributed by atoms with Crippen LogP contribution in [0.25, 0.3) is 16.6 Å². The van der Waals surface area contributed by atoms with E-state index in [9.17, 15) is 0 Å². The first-order valence-electron chi connectivity index (χ1n) is 4.30. The topological polar surface area (TPSA) is 56.0 Å². The van der Waals surface area contributed by atoms with Gasteiger partial charge in [0.15, 0.2) is 5.65 Å². The molecule has 0 aliphatic rings. The van der Waals surface area contributed by atoms with Crippen molar-refractivity contribution >= 4 is 16.6 Å². The van der Waals surface area contributed by atoms with Crippen LogP contribution in [0.3, 0.4) is 0 Å². The van der Waals surface area contributed by atoms with E-state index in [-0.39, 0.29) is 0 Å². The highest BCUT2D eigenvalue weighted by Gasteiger charge is 2.06. The van der Waals surface area contributed by atoms with E-state index in [0.717, 1.165) is 22.4 Å². The van der Waals surface area contributed by atoms with Gasteiger partial charge < -0.3 is 0 Å². The minimum absolute atomic E-state index is 0.758. The van der Waals surface area contributed by atoms with Crippen molar-refractivity contribution in [2.45, 2.75) is 6.92 Å². The zero-order valence-corrected chi connectivity index (χ0v) is 7.55. The Morgan fingerprint density at radius 2 is 2.07 bits per heavy atom. The van der Waals surface area contributed by atoms with E-state index in [1.54, 1.807) is 4.52 Å². The van der Waals surface area contributed by atoms with Crippen LogP contribution in [0.1, 0.15) is 5.82 Å². The second kappa shape index (κ2) is 2.47. The second-order valence-corrected chi connectivity index (χ2v) is 3.09. The molecule has 2 heterocycles. The molecule has 0 aliphatic carbocycles. The molecule has 3 aromatic rings. The predicted octanol–water partition coefficient (Wildman–Crippen LogP) is 0.981. The van der Waals surface area contributed by atoms with Crippen LogP contribution < -0.4 is 0 Å². The number of tetrazole rings is 1. The van der Waals surface area contributed by atoms with Gasteiger partial charge in [0.25, 0.3) is 0 Å². The summed E-state index contributed by atoms with van der Waals surface area (Å²) in [6.07, 6.45) is 0. The number of hydrogen-bond acceptors (Lipinski definition) is 4.